The van der Waals surface area contributed by atoms with Gasteiger partial charge in [0.25, 0.3) is 5.91 Å². The van der Waals surface area contributed by atoms with Crippen LogP contribution in [0.1, 0.15) is 43.4 Å². The lowest BCUT2D eigenvalue weighted by Crippen LogP contribution is -2.30. The van der Waals surface area contributed by atoms with E-state index in [1.807, 2.05) is 30.3 Å². The van der Waals surface area contributed by atoms with Crippen LogP contribution in [-0.2, 0) is 9.59 Å². The Morgan fingerprint density at radius 2 is 1.97 bits per heavy atom. The molecule has 1 aromatic heterocycles. The lowest BCUT2D eigenvalue weighted by Gasteiger charge is -2.25. The topological polar surface area (TPSA) is 89.0 Å². The number of ether oxygens (including phenoxy) is 2. The molecular weight excluding hydrogens is 476 g/mol. The first-order chi connectivity index (χ1) is 17.5. The van der Waals surface area contributed by atoms with E-state index in [9.17, 15) is 14.7 Å². The second-order valence-corrected chi connectivity index (χ2v) is 9.10. The second-order valence-electron chi connectivity index (χ2n) is 8.23. The van der Waals surface area contributed by atoms with Gasteiger partial charge in [0.1, 0.15) is 0 Å². The molecule has 2 heterocycles. The van der Waals surface area contributed by atoms with Crippen molar-refractivity contribution in [2.24, 2.45) is 0 Å². The Kier molecular flexibility index (Phi) is 8.17. The highest BCUT2D eigenvalue weighted by Crippen LogP contribution is 2.43. The maximum Gasteiger partial charge on any atom is 0.296 e. The summed E-state index contributed by atoms with van der Waals surface area (Å²) in [6.45, 7) is 2.69. The molecule has 1 aliphatic heterocycles. The number of hydrogen-bond acceptors (Lipinski definition) is 7. The number of carbonyl (C=O) groups excluding carboxylic acids is 2. The molecule has 0 radical (unpaired) electrons. The summed E-state index contributed by atoms with van der Waals surface area (Å²) >= 11 is 1.25. The third kappa shape index (κ3) is 5.33. The molecular formula is C28H28N2O5S. The third-order valence-electron chi connectivity index (χ3n) is 5.83. The van der Waals surface area contributed by atoms with Crippen molar-refractivity contribution in [3.8, 4) is 11.5 Å². The molecule has 0 fully saturated rings. The van der Waals surface area contributed by atoms with Crippen LogP contribution in [0.4, 0.5) is 5.13 Å². The van der Waals surface area contributed by atoms with Crippen molar-refractivity contribution in [1.29, 1.82) is 0 Å². The van der Waals surface area contributed by atoms with Crippen molar-refractivity contribution in [2.45, 2.75) is 32.2 Å². The van der Waals surface area contributed by atoms with Gasteiger partial charge in [0.2, 0.25) is 0 Å². The van der Waals surface area contributed by atoms with E-state index in [2.05, 4.69) is 11.9 Å². The summed E-state index contributed by atoms with van der Waals surface area (Å²) in [6, 6.07) is 13.7. The summed E-state index contributed by atoms with van der Waals surface area (Å²) in [4.78, 5) is 32.1. The number of benzene rings is 2. The Hall–Kier alpha value is -3.91. The smallest absolute Gasteiger partial charge is 0.296 e. The van der Waals surface area contributed by atoms with Crippen molar-refractivity contribution in [3.05, 3.63) is 88.6 Å². The van der Waals surface area contributed by atoms with Gasteiger partial charge in [-0.3, -0.25) is 14.5 Å². The van der Waals surface area contributed by atoms with Gasteiger partial charge < -0.3 is 14.6 Å². The van der Waals surface area contributed by atoms with E-state index in [1.54, 1.807) is 43.0 Å². The number of hydrogen-bond donors (Lipinski definition) is 1. The zero-order valence-electron chi connectivity index (χ0n) is 20.2. The number of allylic oxidation sites excluding steroid dienone is 1. The highest BCUT2D eigenvalue weighted by atomic mass is 32.1. The van der Waals surface area contributed by atoms with Crippen LogP contribution < -0.4 is 14.4 Å². The van der Waals surface area contributed by atoms with Gasteiger partial charge in [-0.1, -0.05) is 62.2 Å². The van der Waals surface area contributed by atoms with E-state index in [-0.39, 0.29) is 5.57 Å². The number of carbonyl (C=O) groups is 2. The Balaban J connectivity index is 1.71. The Labute approximate surface area is 214 Å². The molecule has 2 aromatic carbocycles. The summed E-state index contributed by atoms with van der Waals surface area (Å²) in [6.07, 6.45) is 7.69. The zero-order chi connectivity index (χ0) is 25.5. The van der Waals surface area contributed by atoms with Crippen LogP contribution in [0.15, 0.2) is 77.5 Å². The Morgan fingerprint density at radius 3 is 2.67 bits per heavy atom. The monoisotopic (exact) mass is 504 g/mol. The average molecular weight is 505 g/mol. The molecule has 1 unspecified atom stereocenters. The van der Waals surface area contributed by atoms with Gasteiger partial charge >= 0.3 is 0 Å². The minimum Gasteiger partial charge on any atom is -0.503 e. The summed E-state index contributed by atoms with van der Waals surface area (Å²) in [5, 5.41) is 12.9. The summed E-state index contributed by atoms with van der Waals surface area (Å²) in [5.74, 6) is -0.671. The molecule has 1 atom stereocenters. The lowest BCUT2D eigenvalue weighted by atomic mass is 9.95. The van der Waals surface area contributed by atoms with Crippen LogP contribution in [0.3, 0.4) is 0 Å². The van der Waals surface area contributed by atoms with Crippen LogP contribution in [0.25, 0.3) is 6.08 Å². The number of aliphatic hydroxyl groups is 1. The number of nitrogens with zero attached hydrogens (tertiary/aromatic N) is 2. The molecule has 36 heavy (non-hydrogen) atoms. The molecule has 0 aliphatic carbocycles. The van der Waals surface area contributed by atoms with Gasteiger partial charge in [0.05, 0.1) is 25.3 Å². The fourth-order valence-corrected chi connectivity index (χ4v) is 4.71. The van der Waals surface area contributed by atoms with E-state index < -0.39 is 23.5 Å². The van der Waals surface area contributed by atoms with Gasteiger partial charge in [-0.2, -0.15) is 0 Å². The van der Waals surface area contributed by atoms with Crippen LogP contribution in [0, 0.1) is 0 Å². The van der Waals surface area contributed by atoms with Gasteiger partial charge in [-0.15, -0.1) is 11.3 Å². The molecule has 8 heteroatoms. The van der Waals surface area contributed by atoms with Crippen molar-refractivity contribution in [3.63, 3.8) is 0 Å². The third-order valence-corrected chi connectivity index (χ3v) is 6.61. The number of rotatable bonds is 11. The summed E-state index contributed by atoms with van der Waals surface area (Å²) in [5.41, 5.74) is 1.41. The maximum absolute atomic E-state index is 13.3. The highest BCUT2D eigenvalue weighted by Gasteiger charge is 2.45. The standard InChI is InChI=1S/C28H28N2O5S/c1-3-4-8-16-35-22-14-12-20(18-23(22)34-2)25-24(21(31)13-11-19-9-6-5-7-10-19)26(32)27(33)30(25)28-29-15-17-36-28/h5-7,9-15,17-18,25,32H,3-4,8,16H2,1-2H3. The minimum atomic E-state index is -0.875. The van der Waals surface area contributed by atoms with E-state index in [4.69, 9.17) is 9.47 Å². The SMILES string of the molecule is CCCCCOc1ccc(C2C(C(=O)C=Cc3ccccc3)=C(O)C(=O)N2c2nccs2)cc1OC. The second kappa shape index (κ2) is 11.7. The average Bonchev–Trinajstić information content (AvgIpc) is 3.52. The molecule has 0 spiro atoms. The fourth-order valence-electron chi connectivity index (χ4n) is 4.04. The zero-order valence-corrected chi connectivity index (χ0v) is 21.0. The number of thiazole rings is 1. The first kappa shape index (κ1) is 25.2. The molecule has 1 amide bonds. The number of methoxy groups -OCH3 is 1. The molecule has 0 bridgehead atoms. The van der Waals surface area contributed by atoms with E-state index in [0.29, 0.717) is 28.8 Å². The predicted molar refractivity (Wildman–Crippen MR) is 140 cm³/mol. The Morgan fingerprint density at radius 1 is 1.17 bits per heavy atom. The van der Waals surface area contributed by atoms with E-state index in [0.717, 1.165) is 24.8 Å². The molecule has 3 aromatic rings. The van der Waals surface area contributed by atoms with Crippen molar-refractivity contribution < 1.29 is 24.2 Å². The van der Waals surface area contributed by atoms with Gasteiger partial charge in [0.15, 0.2) is 28.2 Å². The lowest BCUT2D eigenvalue weighted by molar-refractivity contribution is -0.117. The van der Waals surface area contributed by atoms with Gasteiger partial charge in [-0.05, 0) is 35.8 Å². The van der Waals surface area contributed by atoms with Crippen LogP contribution in [-0.4, -0.2) is 35.5 Å². The van der Waals surface area contributed by atoms with Crippen LogP contribution in [0.5, 0.6) is 11.5 Å². The Bertz CT molecular complexity index is 1270. The van der Waals surface area contributed by atoms with Crippen LogP contribution >= 0.6 is 11.3 Å². The molecule has 0 saturated heterocycles. The summed E-state index contributed by atoms with van der Waals surface area (Å²) in [7, 11) is 1.54. The number of anilines is 1. The molecule has 0 saturated carbocycles. The number of aromatic nitrogens is 1. The maximum atomic E-state index is 13.3. The first-order valence-corrected chi connectivity index (χ1v) is 12.7. The highest BCUT2D eigenvalue weighted by molar-refractivity contribution is 7.13. The number of aliphatic hydroxyl groups excluding tert-OH is 1. The van der Waals surface area contributed by atoms with E-state index >= 15 is 0 Å². The molecule has 1 N–H and O–H groups in total. The van der Waals surface area contributed by atoms with Crippen molar-refractivity contribution in [1.82, 2.24) is 4.98 Å². The predicted octanol–water partition coefficient (Wildman–Crippen LogP) is 5.90. The number of ketones is 1. The molecule has 186 valence electrons. The normalized spacial score (nSPS) is 15.7. The van der Waals surface area contributed by atoms with Crippen molar-refractivity contribution >= 4 is 34.2 Å². The minimum absolute atomic E-state index is 0.0129. The van der Waals surface area contributed by atoms with Crippen LogP contribution in [0.2, 0.25) is 0 Å². The van der Waals surface area contributed by atoms with Crippen molar-refractivity contribution in [2.75, 3.05) is 18.6 Å². The largest absolute Gasteiger partial charge is 0.503 e. The number of unbranched alkanes of at least 4 members (excludes halogenated alkanes) is 2. The molecule has 7 nitrogen and oxygen atoms in total. The first-order valence-electron chi connectivity index (χ1n) is 11.8. The number of amides is 1. The molecule has 4 rings (SSSR count). The fraction of sp³-hybridized carbons (Fsp3) is 0.250. The van der Waals surface area contributed by atoms with E-state index in [1.165, 1.54) is 22.3 Å². The van der Waals surface area contributed by atoms with Gasteiger partial charge in [-0.25, -0.2) is 4.98 Å². The summed E-state index contributed by atoms with van der Waals surface area (Å²) < 4.78 is 11.5. The molecule has 1 aliphatic rings. The quantitative estimate of drug-likeness (QED) is 0.258. The van der Waals surface area contributed by atoms with Gasteiger partial charge in [0, 0.05) is 11.6 Å².